The number of aliphatic hydroxyl groups is 1. The van der Waals surface area contributed by atoms with Gasteiger partial charge >= 0.3 is 7.60 Å². The van der Waals surface area contributed by atoms with E-state index in [0.29, 0.717) is 0 Å². The van der Waals surface area contributed by atoms with Crippen LogP contribution in [0.3, 0.4) is 0 Å². The second-order valence-corrected chi connectivity index (χ2v) is 4.80. The largest absolute Gasteiger partial charge is 0.376 e. The van der Waals surface area contributed by atoms with Gasteiger partial charge in [0.2, 0.25) is 0 Å². The molecule has 0 bridgehead atoms. The standard InChI is InChI=1S/C10H13O4P/c1-2-3-8-4-6-9(7-5-8)10(11)15(12,13)14/h2-7,10-11H,1H3,(H2,12,13,14)/b3-2+. The van der Waals surface area contributed by atoms with Gasteiger partial charge in [-0.2, -0.15) is 0 Å². The zero-order valence-electron chi connectivity index (χ0n) is 8.24. The third kappa shape index (κ3) is 3.29. The fraction of sp³-hybridized carbons (Fsp3) is 0.200. The molecule has 1 unspecified atom stereocenters. The van der Waals surface area contributed by atoms with Crippen molar-refractivity contribution in [2.24, 2.45) is 0 Å². The Morgan fingerprint density at radius 1 is 1.27 bits per heavy atom. The highest BCUT2D eigenvalue weighted by molar-refractivity contribution is 7.51. The van der Waals surface area contributed by atoms with Crippen LogP contribution in [0.1, 0.15) is 23.9 Å². The van der Waals surface area contributed by atoms with Crippen LogP contribution in [-0.2, 0) is 4.57 Å². The molecule has 0 heterocycles. The van der Waals surface area contributed by atoms with Gasteiger partial charge in [0.25, 0.3) is 0 Å². The average molecular weight is 228 g/mol. The molecular weight excluding hydrogens is 215 g/mol. The number of rotatable bonds is 3. The number of hydrogen-bond acceptors (Lipinski definition) is 2. The highest BCUT2D eigenvalue weighted by Gasteiger charge is 2.27. The molecule has 15 heavy (non-hydrogen) atoms. The monoisotopic (exact) mass is 228 g/mol. The molecule has 0 radical (unpaired) electrons. The van der Waals surface area contributed by atoms with Gasteiger partial charge in [0.05, 0.1) is 0 Å². The van der Waals surface area contributed by atoms with Crippen molar-refractivity contribution in [3.63, 3.8) is 0 Å². The summed E-state index contributed by atoms with van der Waals surface area (Å²) in [6.07, 6.45) is 3.71. The zero-order valence-corrected chi connectivity index (χ0v) is 9.13. The van der Waals surface area contributed by atoms with E-state index in [4.69, 9.17) is 9.79 Å². The van der Waals surface area contributed by atoms with Gasteiger partial charge in [-0.3, -0.25) is 4.57 Å². The van der Waals surface area contributed by atoms with Gasteiger partial charge in [0.15, 0.2) is 5.85 Å². The molecule has 0 fully saturated rings. The molecule has 4 nitrogen and oxygen atoms in total. The van der Waals surface area contributed by atoms with Crippen molar-refractivity contribution in [2.75, 3.05) is 0 Å². The first kappa shape index (κ1) is 12.1. The molecule has 0 aliphatic carbocycles. The lowest BCUT2D eigenvalue weighted by atomic mass is 10.1. The van der Waals surface area contributed by atoms with Gasteiger partial charge in [-0.25, -0.2) is 0 Å². The predicted octanol–water partition coefficient (Wildman–Crippen LogP) is 1.89. The van der Waals surface area contributed by atoms with Gasteiger partial charge < -0.3 is 14.9 Å². The molecule has 0 saturated heterocycles. The highest BCUT2D eigenvalue weighted by atomic mass is 31.2. The first-order chi connectivity index (χ1) is 6.95. The van der Waals surface area contributed by atoms with E-state index in [0.717, 1.165) is 5.56 Å². The third-order valence-electron chi connectivity index (χ3n) is 1.91. The quantitative estimate of drug-likeness (QED) is 0.690. The van der Waals surface area contributed by atoms with Crippen LogP contribution in [0.15, 0.2) is 30.3 Å². The van der Waals surface area contributed by atoms with Gasteiger partial charge in [0, 0.05) is 0 Å². The molecule has 0 aliphatic heterocycles. The Balaban J connectivity index is 2.94. The molecule has 82 valence electrons. The van der Waals surface area contributed by atoms with Crippen LogP contribution in [0.2, 0.25) is 0 Å². The Labute approximate surface area is 88.0 Å². The summed E-state index contributed by atoms with van der Waals surface area (Å²) >= 11 is 0. The van der Waals surface area contributed by atoms with Crippen molar-refractivity contribution in [3.05, 3.63) is 41.5 Å². The molecule has 1 rings (SSSR count). The first-order valence-electron chi connectivity index (χ1n) is 4.41. The van der Waals surface area contributed by atoms with E-state index in [2.05, 4.69) is 0 Å². The minimum atomic E-state index is -4.47. The lowest BCUT2D eigenvalue weighted by Crippen LogP contribution is -1.97. The fourth-order valence-electron chi connectivity index (χ4n) is 1.17. The van der Waals surface area contributed by atoms with Crippen molar-refractivity contribution in [2.45, 2.75) is 12.8 Å². The van der Waals surface area contributed by atoms with Crippen LogP contribution >= 0.6 is 7.60 Å². The molecule has 5 heteroatoms. The van der Waals surface area contributed by atoms with E-state index in [9.17, 15) is 9.67 Å². The van der Waals surface area contributed by atoms with Crippen LogP contribution in [0.25, 0.3) is 6.08 Å². The Morgan fingerprint density at radius 2 is 1.80 bits per heavy atom. The van der Waals surface area contributed by atoms with Gasteiger partial charge in [0.1, 0.15) is 0 Å². The van der Waals surface area contributed by atoms with E-state index in [-0.39, 0.29) is 5.56 Å². The molecule has 0 aliphatic rings. The van der Waals surface area contributed by atoms with Crippen LogP contribution in [0.5, 0.6) is 0 Å². The molecule has 1 atom stereocenters. The summed E-state index contributed by atoms with van der Waals surface area (Å²) in [5.41, 5.74) is 1.13. The SMILES string of the molecule is C/C=C/c1ccc(C(O)P(=O)(O)O)cc1. The Bertz CT molecular complexity index is 390. The maximum absolute atomic E-state index is 10.8. The number of benzene rings is 1. The molecule has 1 aromatic rings. The number of aliphatic hydroxyl groups excluding tert-OH is 1. The normalized spacial score (nSPS) is 14.4. The topological polar surface area (TPSA) is 77.8 Å². The molecule has 0 spiro atoms. The lowest BCUT2D eigenvalue weighted by Gasteiger charge is -2.12. The molecule has 0 aromatic heterocycles. The molecular formula is C10H13O4P. The van der Waals surface area contributed by atoms with Crippen LogP contribution in [0, 0.1) is 0 Å². The highest BCUT2D eigenvalue weighted by Crippen LogP contribution is 2.49. The van der Waals surface area contributed by atoms with Gasteiger partial charge in [-0.15, -0.1) is 0 Å². The summed E-state index contributed by atoms with van der Waals surface area (Å²) < 4.78 is 10.8. The lowest BCUT2D eigenvalue weighted by molar-refractivity contribution is 0.205. The van der Waals surface area contributed by atoms with E-state index >= 15 is 0 Å². The Morgan fingerprint density at radius 3 is 2.20 bits per heavy atom. The second kappa shape index (κ2) is 4.73. The van der Waals surface area contributed by atoms with Crippen molar-refractivity contribution in [3.8, 4) is 0 Å². The van der Waals surface area contributed by atoms with E-state index in [1.165, 1.54) is 12.1 Å². The summed E-state index contributed by atoms with van der Waals surface area (Å²) in [5.74, 6) is -1.74. The summed E-state index contributed by atoms with van der Waals surface area (Å²) in [5, 5.41) is 9.30. The number of hydrogen-bond donors (Lipinski definition) is 3. The van der Waals surface area contributed by atoms with Crippen molar-refractivity contribution >= 4 is 13.7 Å². The minimum absolute atomic E-state index is 0.219. The Hall–Kier alpha value is -0.930. The van der Waals surface area contributed by atoms with Crippen molar-refractivity contribution in [1.29, 1.82) is 0 Å². The third-order valence-corrected chi connectivity index (χ3v) is 2.85. The predicted molar refractivity (Wildman–Crippen MR) is 58.2 cm³/mol. The van der Waals surface area contributed by atoms with Crippen LogP contribution in [-0.4, -0.2) is 14.9 Å². The first-order valence-corrected chi connectivity index (χ1v) is 6.09. The van der Waals surface area contributed by atoms with E-state index in [1.54, 1.807) is 12.1 Å². The molecule has 0 amide bonds. The average Bonchev–Trinajstić information content (AvgIpc) is 2.17. The zero-order chi connectivity index (χ0) is 11.5. The summed E-state index contributed by atoms with van der Waals surface area (Å²) in [7, 11) is -4.47. The van der Waals surface area contributed by atoms with Crippen LogP contribution < -0.4 is 0 Å². The minimum Gasteiger partial charge on any atom is -0.376 e. The molecule has 3 N–H and O–H groups in total. The maximum Gasteiger partial charge on any atom is 0.358 e. The molecule has 0 saturated carbocycles. The summed E-state index contributed by atoms with van der Waals surface area (Å²) in [4.78, 5) is 17.5. The summed E-state index contributed by atoms with van der Waals surface area (Å²) in [6, 6.07) is 6.38. The van der Waals surface area contributed by atoms with E-state index in [1.807, 2.05) is 19.1 Å². The van der Waals surface area contributed by atoms with Gasteiger partial charge in [-0.05, 0) is 18.1 Å². The van der Waals surface area contributed by atoms with Gasteiger partial charge in [-0.1, -0.05) is 36.4 Å². The Kier molecular flexibility index (Phi) is 3.83. The van der Waals surface area contributed by atoms with Crippen molar-refractivity contribution in [1.82, 2.24) is 0 Å². The molecule has 1 aromatic carbocycles. The van der Waals surface area contributed by atoms with Crippen LogP contribution in [0.4, 0.5) is 0 Å². The maximum atomic E-state index is 10.8. The van der Waals surface area contributed by atoms with Crippen molar-refractivity contribution < 1.29 is 19.5 Å². The second-order valence-electron chi connectivity index (χ2n) is 3.13. The smallest absolute Gasteiger partial charge is 0.358 e. The number of allylic oxidation sites excluding steroid dienone is 1. The van der Waals surface area contributed by atoms with E-state index < -0.39 is 13.4 Å². The fourth-order valence-corrected chi connectivity index (χ4v) is 1.73. The summed E-state index contributed by atoms with van der Waals surface area (Å²) in [6.45, 7) is 1.87.